The molecule has 2 aliphatic rings. The minimum absolute atomic E-state index is 0.160. The normalized spacial score (nSPS) is 24.6. The van der Waals surface area contributed by atoms with Crippen LogP contribution in [0.15, 0.2) is 41.4 Å². The first-order chi connectivity index (χ1) is 11.8. The van der Waals surface area contributed by atoms with E-state index in [1.807, 2.05) is 29.2 Å². The summed E-state index contributed by atoms with van der Waals surface area (Å²) >= 11 is 1.59. The van der Waals surface area contributed by atoms with Gasteiger partial charge in [-0.1, -0.05) is 0 Å². The van der Waals surface area contributed by atoms with Crippen molar-refractivity contribution >= 4 is 17.2 Å². The second-order valence-corrected chi connectivity index (χ2v) is 7.73. The highest BCUT2D eigenvalue weighted by Crippen LogP contribution is 2.38. The fourth-order valence-corrected chi connectivity index (χ4v) is 4.90. The highest BCUT2D eigenvalue weighted by Gasteiger charge is 2.44. The van der Waals surface area contributed by atoms with E-state index in [4.69, 9.17) is 0 Å². The average Bonchev–Trinajstić information content (AvgIpc) is 3.27. The fourth-order valence-electron chi connectivity index (χ4n) is 4.27. The highest BCUT2D eigenvalue weighted by atomic mass is 32.1. The third kappa shape index (κ3) is 2.98. The summed E-state index contributed by atoms with van der Waals surface area (Å²) in [5, 5.41) is 3.95. The Morgan fingerprint density at radius 3 is 2.71 bits per heavy atom. The Morgan fingerprint density at radius 2 is 1.96 bits per heavy atom. The fraction of sp³-hybridized carbons (Fsp3) is 0.474. The van der Waals surface area contributed by atoms with Crippen molar-refractivity contribution in [2.24, 2.45) is 0 Å². The molecule has 2 aromatic rings. The number of hydrogen-bond donors (Lipinski definition) is 0. The van der Waals surface area contributed by atoms with Gasteiger partial charge in [0.25, 0.3) is 5.91 Å². The van der Waals surface area contributed by atoms with Crippen molar-refractivity contribution in [1.29, 1.82) is 0 Å². The lowest BCUT2D eigenvalue weighted by atomic mass is 9.86. The van der Waals surface area contributed by atoms with Crippen LogP contribution in [0, 0.1) is 0 Å². The van der Waals surface area contributed by atoms with Gasteiger partial charge in [0.15, 0.2) is 0 Å². The van der Waals surface area contributed by atoms with Gasteiger partial charge in [-0.3, -0.25) is 14.7 Å². The summed E-state index contributed by atoms with van der Waals surface area (Å²) in [7, 11) is 0. The van der Waals surface area contributed by atoms with Crippen LogP contribution in [-0.2, 0) is 6.54 Å². The van der Waals surface area contributed by atoms with Crippen molar-refractivity contribution in [3.8, 4) is 0 Å². The van der Waals surface area contributed by atoms with Gasteiger partial charge in [0, 0.05) is 42.9 Å². The molecule has 0 N–H and O–H groups in total. The molecule has 1 amide bonds. The molecule has 4 rings (SSSR count). The van der Waals surface area contributed by atoms with Crippen LogP contribution in [-0.4, -0.2) is 45.9 Å². The van der Waals surface area contributed by atoms with Gasteiger partial charge in [-0.2, -0.15) is 11.3 Å². The summed E-state index contributed by atoms with van der Waals surface area (Å²) in [6.07, 6.45) is 8.46. The predicted molar refractivity (Wildman–Crippen MR) is 96.1 cm³/mol. The second-order valence-electron chi connectivity index (χ2n) is 6.95. The third-order valence-corrected chi connectivity index (χ3v) is 6.16. The van der Waals surface area contributed by atoms with Crippen LogP contribution in [0.3, 0.4) is 0 Å². The zero-order valence-electron chi connectivity index (χ0n) is 13.9. The lowest BCUT2D eigenvalue weighted by Crippen LogP contribution is -2.56. The van der Waals surface area contributed by atoms with E-state index in [1.165, 1.54) is 24.8 Å². The van der Waals surface area contributed by atoms with Crippen molar-refractivity contribution in [3.63, 3.8) is 0 Å². The van der Waals surface area contributed by atoms with Crippen LogP contribution in [0.1, 0.15) is 41.6 Å². The van der Waals surface area contributed by atoms with Gasteiger partial charge in [-0.15, -0.1) is 0 Å². The molecule has 1 unspecified atom stereocenters. The number of likely N-dealkylation sites (tertiary alicyclic amines) is 2. The number of carbonyl (C=O) groups is 1. The predicted octanol–water partition coefficient (Wildman–Crippen LogP) is 3.41. The number of thiophene rings is 1. The Morgan fingerprint density at radius 1 is 1.17 bits per heavy atom. The van der Waals surface area contributed by atoms with E-state index in [9.17, 15) is 4.79 Å². The van der Waals surface area contributed by atoms with Gasteiger partial charge in [0.1, 0.15) is 0 Å². The Balaban J connectivity index is 1.51. The summed E-state index contributed by atoms with van der Waals surface area (Å²) in [6.45, 7) is 3.85. The summed E-state index contributed by atoms with van der Waals surface area (Å²) in [5.74, 6) is 0.200. The summed E-state index contributed by atoms with van der Waals surface area (Å²) in [6, 6.07) is 6.14. The van der Waals surface area contributed by atoms with E-state index in [0.29, 0.717) is 0 Å². The highest BCUT2D eigenvalue weighted by molar-refractivity contribution is 7.08. The van der Waals surface area contributed by atoms with Crippen LogP contribution in [0.5, 0.6) is 0 Å². The largest absolute Gasteiger partial charge is 0.337 e. The molecule has 1 spiro atoms. The smallest absolute Gasteiger partial charge is 0.254 e. The van der Waals surface area contributed by atoms with Gasteiger partial charge in [-0.25, -0.2) is 0 Å². The summed E-state index contributed by atoms with van der Waals surface area (Å²) in [5.41, 5.74) is 2.32. The van der Waals surface area contributed by atoms with Gasteiger partial charge >= 0.3 is 0 Å². The van der Waals surface area contributed by atoms with Crippen LogP contribution >= 0.6 is 11.3 Å². The molecule has 126 valence electrons. The van der Waals surface area contributed by atoms with Gasteiger partial charge in [0.2, 0.25) is 0 Å². The van der Waals surface area contributed by atoms with Crippen LogP contribution in [0.4, 0.5) is 0 Å². The van der Waals surface area contributed by atoms with Gasteiger partial charge in [-0.05, 0) is 61.4 Å². The number of pyridine rings is 1. The van der Waals surface area contributed by atoms with Crippen LogP contribution < -0.4 is 0 Å². The Kier molecular flexibility index (Phi) is 4.37. The first kappa shape index (κ1) is 15.8. The molecule has 24 heavy (non-hydrogen) atoms. The Labute approximate surface area is 147 Å². The Hall–Kier alpha value is -1.72. The van der Waals surface area contributed by atoms with E-state index in [2.05, 4.69) is 26.9 Å². The number of amides is 1. The molecule has 0 saturated carbocycles. The molecule has 0 bridgehead atoms. The van der Waals surface area contributed by atoms with E-state index in [1.54, 1.807) is 11.3 Å². The number of hydrogen-bond acceptors (Lipinski definition) is 4. The van der Waals surface area contributed by atoms with Crippen molar-refractivity contribution in [3.05, 3.63) is 52.5 Å². The van der Waals surface area contributed by atoms with Crippen molar-refractivity contribution in [2.75, 3.05) is 19.6 Å². The number of nitrogens with zero attached hydrogens (tertiary/aromatic N) is 3. The molecule has 4 heterocycles. The topological polar surface area (TPSA) is 36.4 Å². The Bertz CT molecular complexity index is 688. The SMILES string of the molecule is O=C(c1ccsc1)N1CCCC2(CCCN2Cc2ccncc2)C1. The van der Waals surface area contributed by atoms with Crippen LogP contribution in [0.2, 0.25) is 0 Å². The summed E-state index contributed by atoms with van der Waals surface area (Å²) in [4.78, 5) is 21.6. The summed E-state index contributed by atoms with van der Waals surface area (Å²) < 4.78 is 0. The maximum atomic E-state index is 12.8. The van der Waals surface area contributed by atoms with Crippen molar-refractivity contribution in [2.45, 2.75) is 37.8 Å². The lowest BCUT2D eigenvalue weighted by Gasteiger charge is -2.46. The minimum Gasteiger partial charge on any atom is -0.337 e. The maximum absolute atomic E-state index is 12.8. The molecule has 2 aromatic heterocycles. The molecule has 0 aliphatic carbocycles. The molecule has 5 heteroatoms. The molecule has 2 fully saturated rings. The van der Waals surface area contributed by atoms with E-state index < -0.39 is 0 Å². The molecular weight excluding hydrogens is 318 g/mol. The first-order valence-corrected chi connectivity index (χ1v) is 9.67. The van der Waals surface area contributed by atoms with E-state index in [-0.39, 0.29) is 11.4 Å². The molecule has 2 aliphatic heterocycles. The van der Waals surface area contributed by atoms with Crippen molar-refractivity contribution < 1.29 is 4.79 Å². The monoisotopic (exact) mass is 341 g/mol. The number of aromatic nitrogens is 1. The van der Waals surface area contributed by atoms with Gasteiger partial charge < -0.3 is 4.90 Å². The van der Waals surface area contributed by atoms with Crippen LogP contribution in [0.25, 0.3) is 0 Å². The maximum Gasteiger partial charge on any atom is 0.254 e. The number of carbonyl (C=O) groups excluding carboxylic acids is 1. The molecule has 2 saturated heterocycles. The lowest BCUT2D eigenvalue weighted by molar-refractivity contribution is 0.0296. The molecule has 4 nitrogen and oxygen atoms in total. The molecule has 0 aromatic carbocycles. The van der Waals surface area contributed by atoms with Gasteiger partial charge in [0.05, 0.1) is 5.56 Å². The van der Waals surface area contributed by atoms with E-state index in [0.717, 1.165) is 38.2 Å². The zero-order chi connectivity index (χ0) is 16.4. The molecule has 0 radical (unpaired) electrons. The standard InChI is InChI=1S/C19H23N3OS/c23-18(17-5-12-24-14-17)21-10-1-6-19(15-21)7-2-11-22(19)13-16-3-8-20-9-4-16/h3-5,8-9,12,14H,1-2,6-7,10-11,13,15H2. The molecular formula is C19H23N3OS. The quantitative estimate of drug-likeness (QED) is 0.858. The van der Waals surface area contributed by atoms with Crippen molar-refractivity contribution in [1.82, 2.24) is 14.8 Å². The number of piperidine rings is 1. The second kappa shape index (κ2) is 6.65. The van der Waals surface area contributed by atoms with E-state index >= 15 is 0 Å². The first-order valence-electron chi connectivity index (χ1n) is 8.72. The number of rotatable bonds is 3. The molecule has 1 atom stereocenters. The average molecular weight is 341 g/mol. The zero-order valence-corrected chi connectivity index (χ0v) is 14.7. The minimum atomic E-state index is 0.160. The third-order valence-electron chi connectivity index (χ3n) is 5.47.